The van der Waals surface area contributed by atoms with E-state index in [1.54, 1.807) is 0 Å². The molecule has 0 N–H and O–H groups in total. The molecule has 2 aromatic rings. The second kappa shape index (κ2) is 8.93. The van der Waals surface area contributed by atoms with Crippen LogP contribution in [0.1, 0.15) is 44.1 Å². The van der Waals surface area contributed by atoms with Crippen LogP contribution in [0.3, 0.4) is 0 Å². The van der Waals surface area contributed by atoms with Crippen molar-refractivity contribution >= 4 is 32.2 Å². The fraction of sp³-hybridized carbons (Fsp3) is 0.619. The minimum absolute atomic E-state index is 0.0722. The molecule has 1 aromatic carbocycles. The van der Waals surface area contributed by atoms with Crippen LogP contribution in [0.25, 0.3) is 10.1 Å². The first-order valence-corrected chi connectivity index (χ1v) is 11.6. The number of aromatic nitrogens is 1. The van der Waals surface area contributed by atoms with Crippen LogP contribution in [0.4, 0.5) is 24.0 Å². The SMILES string of the molecule is CN(CC1CCCCC1)C1CCN(c2nc(=O)c3cc(C(F)(F)F)cc([N+](=O)[O-])c3s2)C1. The normalized spacial score (nSPS) is 20.4. The number of non-ortho nitro benzene ring substituents is 1. The first-order chi connectivity index (χ1) is 15.1. The summed E-state index contributed by atoms with van der Waals surface area (Å²) in [5.41, 5.74) is -2.81. The zero-order valence-corrected chi connectivity index (χ0v) is 18.5. The van der Waals surface area contributed by atoms with Gasteiger partial charge in [-0.15, -0.1) is 0 Å². The minimum atomic E-state index is -4.79. The van der Waals surface area contributed by atoms with Crippen LogP contribution in [0.5, 0.6) is 0 Å². The molecule has 7 nitrogen and oxygen atoms in total. The van der Waals surface area contributed by atoms with E-state index in [9.17, 15) is 28.1 Å². The maximum absolute atomic E-state index is 13.1. The van der Waals surface area contributed by atoms with E-state index in [2.05, 4.69) is 16.9 Å². The summed E-state index contributed by atoms with van der Waals surface area (Å²) in [5.74, 6) is 0.697. The lowest BCUT2D eigenvalue weighted by atomic mass is 9.89. The molecule has 1 atom stereocenters. The molecule has 1 aromatic heterocycles. The molecule has 2 fully saturated rings. The summed E-state index contributed by atoms with van der Waals surface area (Å²) in [6.07, 6.45) is 2.44. The Kier molecular flexibility index (Phi) is 6.39. The van der Waals surface area contributed by atoms with Gasteiger partial charge in [-0.25, -0.2) is 0 Å². The fourth-order valence-electron chi connectivity index (χ4n) is 4.78. The standard InChI is InChI=1S/C21H25F3N4O3S/c1-26(11-13-5-3-2-4-6-13)15-7-8-27(12-15)20-25-19(29)16-9-14(21(22,23)24)10-17(28(30)31)18(16)32-20/h9-10,13,15H,2-8,11-12H2,1H3. The second-order valence-electron chi connectivity index (χ2n) is 8.76. The molecule has 1 saturated carbocycles. The monoisotopic (exact) mass is 470 g/mol. The average molecular weight is 471 g/mol. The van der Waals surface area contributed by atoms with Gasteiger partial charge in [0.2, 0.25) is 0 Å². The van der Waals surface area contributed by atoms with Gasteiger partial charge < -0.3 is 9.80 Å². The Morgan fingerprint density at radius 2 is 1.97 bits per heavy atom. The van der Waals surface area contributed by atoms with E-state index in [1.165, 1.54) is 32.1 Å². The van der Waals surface area contributed by atoms with Gasteiger partial charge in [0.1, 0.15) is 4.70 Å². The van der Waals surface area contributed by atoms with Crippen molar-refractivity contribution in [3.63, 3.8) is 0 Å². The van der Waals surface area contributed by atoms with Crippen molar-refractivity contribution in [2.45, 2.75) is 50.7 Å². The molecule has 2 heterocycles. The van der Waals surface area contributed by atoms with E-state index in [0.29, 0.717) is 36.3 Å². The molecule has 1 aliphatic heterocycles. The van der Waals surface area contributed by atoms with Crippen molar-refractivity contribution in [2.75, 3.05) is 31.6 Å². The first-order valence-electron chi connectivity index (χ1n) is 10.8. The van der Waals surface area contributed by atoms with Crippen LogP contribution in [0, 0.1) is 16.0 Å². The van der Waals surface area contributed by atoms with Crippen molar-refractivity contribution in [2.24, 2.45) is 5.92 Å². The van der Waals surface area contributed by atoms with Crippen LogP contribution in [0.15, 0.2) is 16.9 Å². The van der Waals surface area contributed by atoms with Crippen LogP contribution in [-0.2, 0) is 6.18 Å². The summed E-state index contributed by atoms with van der Waals surface area (Å²) < 4.78 is 39.4. The van der Waals surface area contributed by atoms with Gasteiger partial charge in [-0.3, -0.25) is 14.9 Å². The van der Waals surface area contributed by atoms with Crippen molar-refractivity contribution in [1.82, 2.24) is 9.88 Å². The molecule has 1 unspecified atom stereocenters. The van der Waals surface area contributed by atoms with E-state index in [-0.39, 0.29) is 16.1 Å². The Hall–Kier alpha value is -2.27. The number of rotatable bonds is 5. The molecule has 2 aliphatic rings. The van der Waals surface area contributed by atoms with Crippen molar-refractivity contribution in [3.8, 4) is 0 Å². The van der Waals surface area contributed by atoms with Gasteiger partial charge in [-0.1, -0.05) is 30.6 Å². The Labute approximate surface area is 187 Å². The highest BCUT2D eigenvalue weighted by Gasteiger charge is 2.35. The number of likely N-dealkylation sites (N-methyl/N-ethyl adjacent to an activating group) is 1. The van der Waals surface area contributed by atoms with E-state index in [1.807, 2.05) is 4.90 Å². The second-order valence-corrected chi connectivity index (χ2v) is 9.74. The third-order valence-corrected chi connectivity index (χ3v) is 7.71. The number of nitro groups is 1. The highest BCUT2D eigenvalue weighted by Crippen LogP contribution is 2.39. The maximum Gasteiger partial charge on any atom is 0.416 e. The third-order valence-electron chi connectivity index (χ3n) is 6.54. The van der Waals surface area contributed by atoms with E-state index in [4.69, 9.17) is 0 Å². The molecule has 0 amide bonds. The van der Waals surface area contributed by atoms with E-state index < -0.39 is 27.9 Å². The largest absolute Gasteiger partial charge is 0.416 e. The van der Waals surface area contributed by atoms with Crippen LogP contribution < -0.4 is 10.5 Å². The summed E-state index contributed by atoms with van der Waals surface area (Å²) >= 11 is 0.909. The van der Waals surface area contributed by atoms with Gasteiger partial charge in [-0.05, 0) is 38.3 Å². The number of anilines is 1. The molecule has 11 heteroatoms. The molecule has 0 radical (unpaired) electrons. The highest BCUT2D eigenvalue weighted by atomic mass is 32.1. The van der Waals surface area contributed by atoms with Crippen LogP contribution in [0.2, 0.25) is 0 Å². The number of benzene rings is 1. The Bertz CT molecular complexity index is 1070. The molecule has 0 spiro atoms. The van der Waals surface area contributed by atoms with Gasteiger partial charge in [0, 0.05) is 31.7 Å². The van der Waals surface area contributed by atoms with Gasteiger partial charge >= 0.3 is 6.18 Å². The summed E-state index contributed by atoms with van der Waals surface area (Å²) in [4.78, 5) is 31.4. The maximum atomic E-state index is 13.1. The number of hydrogen-bond acceptors (Lipinski definition) is 7. The van der Waals surface area contributed by atoms with Gasteiger partial charge in [0.25, 0.3) is 11.2 Å². The smallest absolute Gasteiger partial charge is 0.346 e. The summed E-state index contributed by atoms with van der Waals surface area (Å²) in [6, 6.07) is 1.43. The Morgan fingerprint density at radius 3 is 2.62 bits per heavy atom. The average Bonchev–Trinajstić information content (AvgIpc) is 3.23. The predicted octanol–water partition coefficient (Wildman–Crippen LogP) is 4.67. The summed E-state index contributed by atoms with van der Waals surface area (Å²) in [7, 11) is 2.10. The molecule has 1 saturated heterocycles. The number of halogens is 3. The van der Waals surface area contributed by atoms with Crippen LogP contribution >= 0.6 is 11.3 Å². The molecular weight excluding hydrogens is 445 g/mol. The number of nitrogens with zero attached hydrogens (tertiary/aromatic N) is 4. The lowest BCUT2D eigenvalue weighted by Gasteiger charge is -2.30. The fourth-order valence-corrected chi connectivity index (χ4v) is 5.88. The van der Waals surface area contributed by atoms with E-state index in [0.717, 1.165) is 24.3 Å². The summed E-state index contributed by atoms with van der Waals surface area (Å²) in [6.45, 7) is 2.29. The van der Waals surface area contributed by atoms with Crippen molar-refractivity contribution in [3.05, 3.63) is 38.2 Å². The third kappa shape index (κ3) is 4.73. The lowest BCUT2D eigenvalue weighted by molar-refractivity contribution is -0.383. The summed E-state index contributed by atoms with van der Waals surface area (Å²) in [5, 5.41) is 11.4. The molecule has 4 rings (SSSR count). The molecule has 174 valence electrons. The highest BCUT2D eigenvalue weighted by molar-refractivity contribution is 7.22. The van der Waals surface area contributed by atoms with Gasteiger partial charge in [0.15, 0.2) is 5.13 Å². The number of alkyl halides is 3. The minimum Gasteiger partial charge on any atom is -0.346 e. The predicted molar refractivity (Wildman–Crippen MR) is 117 cm³/mol. The van der Waals surface area contributed by atoms with Crippen molar-refractivity contribution < 1.29 is 18.1 Å². The Morgan fingerprint density at radius 1 is 1.25 bits per heavy atom. The quantitative estimate of drug-likeness (QED) is 0.467. The molecule has 32 heavy (non-hydrogen) atoms. The molecule has 1 aliphatic carbocycles. The Balaban J connectivity index is 1.59. The van der Waals surface area contributed by atoms with Gasteiger partial charge in [0.05, 0.1) is 15.9 Å². The topological polar surface area (TPSA) is 79.6 Å². The molecule has 0 bridgehead atoms. The number of hydrogen-bond donors (Lipinski definition) is 0. The number of fused-ring (bicyclic) bond motifs is 1. The zero-order chi connectivity index (χ0) is 23.0. The first kappa shape index (κ1) is 22.9. The van der Waals surface area contributed by atoms with Crippen LogP contribution in [-0.4, -0.2) is 47.5 Å². The van der Waals surface area contributed by atoms with Gasteiger partial charge in [-0.2, -0.15) is 18.2 Å². The lowest BCUT2D eigenvalue weighted by Crippen LogP contribution is -2.38. The number of nitro benzene ring substituents is 1. The zero-order valence-electron chi connectivity index (χ0n) is 17.7. The van der Waals surface area contributed by atoms with Crippen molar-refractivity contribution in [1.29, 1.82) is 0 Å². The molecular formula is C21H25F3N4O3S. The van der Waals surface area contributed by atoms with E-state index >= 15 is 0 Å².